The minimum Gasteiger partial charge on any atom is -0.326 e. The first-order valence-corrected chi connectivity index (χ1v) is 7.59. The second-order valence-electron chi connectivity index (χ2n) is 5.76. The van der Waals surface area contributed by atoms with Gasteiger partial charge in [-0.15, -0.1) is 0 Å². The molecule has 2 heteroatoms. The fourth-order valence-electron chi connectivity index (χ4n) is 2.74. The lowest BCUT2D eigenvalue weighted by Crippen LogP contribution is -2.44. The average molecular weight is 262 g/mol. The highest BCUT2D eigenvalue weighted by Crippen LogP contribution is 2.27. The minimum atomic E-state index is 0.191. The van der Waals surface area contributed by atoms with Crippen molar-refractivity contribution in [2.75, 3.05) is 6.54 Å². The number of nitrogens with two attached hydrogens (primary N) is 1. The average Bonchev–Trinajstić information content (AvgIpc) is 2.37. The molecule has 0 radical (unpaired) electrons. The fourth-order valence-corrected chi connectivity index (χ4v) is 2.74. The Morgan fingerprint density at radius 1 is 1.21 bits per heavy atom. The summed E-state index contributed by atoms with van der Waals surface area (Å²) in [7, 11) is 0. The summed E-state index contributed by atoms with van der Waals surface area (Å²) in [6.07, 6.45) is 2.17. The zero-order valence-corrected chi connectivity index (χ0v) is 13.2. The maximum atomic E-state index is 6.43. The van der Waals surface area contributed by atoms with Gasteiger partial charge in [0.1, 0.15) is 0 Å². The van der Waals surface area contributed by atoms with Crippen LogP contribution in [0, 0.1) is 6.92 Å². The van der Waals surface area contributed by atoms with Gasteiger partial charge in [0.25, 0.3) is 0 Å². The molecule has 2 atom stereocenters. The Kier molecular flexibility index (Phi) is 6.53. The van der Waals surface area contributed by atoms with Crippen molar-refractivity contribution in [1.82, 2.24) is 4.90 Å². The van der Waals surface area contributed by atoms with Crippen LogP contribution in [0.15, 0.2) is 24.3 Å². The van der Waals surface area contributed by atoms with E-state index in [1.54, 1.807) is 0 Å². The van der Waals surface area contributed by atoms with Crippen LogP contribution in [-0.4, -0.2) is 23.5 Å². The highest BCUT2D eigenvalue weighted by Gasteiger charge is 2.27. The molecule has 2 nitrogen and oxygen atoms in total. The first-order chi connectivity index (χ1) is 9.01. The molecular formula is C17H30N2. The number of benzene rings is 1. The molecule has 0 aliphatic rings. The Morgan fingerprint density at radius 3 is 2.37 bits per heavy atom. The van der Waals surface area contributed by atoms with Crippen molar-refractivity contribution >= 4 is 0 Å². The van der Waals surface area contributed by atoms with Crippen molar-refractivity contribution in [2.45, 2.75) is 65.6 Å². The largest absolute Gasteiger partial charge is 0.326 e. The molecule has 1 aromatic carbocycles. The van der Waals surface area contributed by atoms with Gasteiger partial charge < -0.3 is 5.73 Å². The Labute approximate surface area is 119 Å². The summed E-state index contributed by atoms with van der Waals surface area (Å²) in [6, 6.07) is 9.83. The first kappa shape index (κ1) is 16.2. The first-order valence-electron chi connectivity index (χ1n) is 7.59. The van der Waals surface area contributed by atoms with Gasteiger partial charge in [0, 0.05) is 12.1 Å². The van der Waals surface area contributed by atoms with Gasteiger partial charge in [0.05, 0.1) is 6.04 Å². The quantitative estimate of drug-likeness (QED) is 0.807. The molecule has 0 aromatic heterocycles. The maximum Gasteiger partial charge on any atom is 0.0501 e. The van der Waals surface area contributed by atoms with Gasteiger partial charge in [-0.3, -0.25) is 4.90 Å². The molecule has 0 heterocycles. The van der Waals surface area contributed by atoms with E-state index in [9.17, 15) is 0 Å². The monoisotopic (exact) mass is 262 g/mol. The number of nitrogens with zero attached hydrogens (tertiary/aromatic N) is 1. The van der Waals surface area contributed by atoms with Gasteiger partial charge in [-0.1, -0.05) is 43.7 Å². The third-order valence-electron chi connectivity index (χ3n) is 3.76. The van der Waals surface area contributed by atoms with Crippen LogP contribution < -0.4 is 5.73 Å². The number of aryl methyl sites for hydroxylation is 1. The summed E-state index contributed by atoms with van der Waals surface area (Å²) in [4.78, 5) is 2.54. The predicted molar refractivity (Wildman–Crippen MR) is 84.3 cm³/mol. The molecule has 2 unspecified atom stereocenters. The summed E-state index contributed by atoms with van der Waals surface area (Å²) in [6.45, 7) is 12.2. The minimum absolute atomic E-state index is 0.191. The van der Waals surface area contributed by atoms with E-state index in [4.69, 9.17) is 5.73 Å². The van der Waals surface area contributed by atoms with Crippen molar-refractivity contribution < 1.29 is 0 Å². The van der Waals surface area contributed by atoms with E-state index in [1.807, 2.05) is 0 Å². The smallest absolute Gasteiger partial charge is 0.0501 e. The molecule has 0 aliphatic heterocycles. The van der Waals surface area contributed by atoms with Crippen LogP contribution in [-0.2, 0) is 0 Å². The summed E-state index contributed by atoms with van der Waals surface area (Å²) in [5.41, 5.74) is 9.10. The van der Waals surface area contributed by atoms with E-state index in [0.717, 1.165) is 19.4 Å². The SMILES string of the molecule is CCCN(C(C)C)C(c1cccc(C)c1)C(N)CC. The lowest BCUT2D eigenvalue weighted by Gasteiger charge is -2.38. The second kappa shape index (κ2) is 7.66. The highest BCUT2D eigenvalue weighted by molar-refractivity contribution is 5.26. The summed E-state index contributed by atoms with van der Waals surface area (Å²) in [5.74, 6) is 0. The summed E-state index contributed by atoms with van der Waals surface area (Å²) < 4.78 is 0. The van der Waals surface area contributed by atoms with Crippen molar-refractivity contribution in [3.05, 3.63) is 35.4 Å². The molecular weight excluding hydrogens is 232 g/mol. The standard InChI is InChI=1S/C17H30N2/c1-6-11-19(13(3)4)17(16(18)7-2)15-10-8-9-14(5)12-15/h8-10,12-13,16-17H,6-7,11,18H2,1-5H3. The van der Waals surface area contributed by atoms with Crippen molar-refractivity contribution in [2.24, 2.45) is 5.73 Å². The fraction of sp³-hybridized carbons (Fsp3) is 0.647. The summed E-state index contributed by atoms with van der Waals surface area (Å²) >= 11 is 0. The van der Waals surface area contributed by atoms with Gasteiger partial charge in [-0.2, -0.15) is 0 Å². The van der Waals surface area contributed by atoms with Crippen molar-refractivity contribution in [1.29, 1.82) is 0 Å². The van der Waals surface area contributed by atoms with Crippen LogP contribution >= 0.6 is 0 Å². The number of hydrogen-bond acceptors (Lipinski definition) is 2. The van der Waals surface area contributed by atoms with Crippen LogP contribution in [0.5, 0.6) is 0 Å². The van der Waals surface area contributed by atoms with Crippen LogP contribution in [0.4, 0.5) is 0 Å². The van der Waals surface area contributed by atoms with Crippen LogP contribution in [0.1, 0.15) is 57.7 Å². The van der Waals surface area contributed by atoms with E-state index in [1.165, 1.54) is 11.1 Å². The van der Waals surface area contributed by atoms with E-state index in [0.29, 0.717) is 12.1 Å². The molecule has 0 amide bonds. The number of hydrogen-bond donors (Lipinski definition) is 1. The van der Waals surface area contributed by atoms with Crippen molar-refractivity contribution in [3.63, 3.8) is 0 Å². The molecule has 0 saturated carbocycles. The van der Waals surface area contributed by atoms with Gasteiger partial charge in [-0.05, 0) is 45.7 Å². The summed E-state index contributed by atoms with van der Waals surface area (Å²) in [5, 5.41) is 0. The Morgan fingerprint density at radius 2 is 1.89 bits per heavy atom. The Bertz CT molecular complexity index is 373. The number of rotatable bonds is 7. The molecule has 0 saturated heterocycles. The topological polar surface area (TPSA) is 29.3 Å². The normalized spacial score (nSPS) is 14.9. The van der Waals surface area contributed by atoms with Gasteiger partial charge in [0.2, 0.25) is 0 Å². The van der Waals surface area contributed by atoms with Gasteiger partial charge in [0.15, 0.2) is 0 Å². The molecule has 0 aliphatic carbocycles. The molecule has 1 rings (SSSR count). The van der Waals surface area contributed by atoms with E-state index < -0.39 is 0 Å². The van der Waals surface area contributed by atoms with Crippen LogP contribution in [0.25, 0.3) is 0 Å². The third kappa shape index (κ3) is 4.32. The molecule has 0 spiro atoms. The van der Waals surface area contributed by atoms with Crippen molar-refractivity contribution in [3.8, 4) is 0 Å². The van der Waals surface area contributed by atoms with E-state index in [2.05, 4.69) is 63.8 Å². The van der Waals surface area contributed by atoms with Gasteiger partial charge >= 0.3 is 0 Å². The van der Waals surface area contributed by atoms with E-state index >= 15 is 0 Å². The Balaban J connectivity index is 3.12. The zero-order valence-electron chi connectivity index (χ0n) is 13.2. The predicted octanol–water partition coefficient (Wildman–Crippen LogP) is 3.89. The van der Waals surface area contributed by atoms with Crippen LogP contribution in [0.2, 0.25) is 0 Å². The zero-order chi connectivity index (χ0) is 14.4. The van der Waals surface area contributed by atoms with E-state index in [-0.39, 0.29) is 6.04 Å². The molecule has 19 heavy (non-hydrogen) atoms. The molecule has 2 N–H and O–H groups in total. The third-order valence-corrected chi connectivity index (χ3v) is 3.76. The molecule has 0 bridgehead atoms. The molecule has 1 aromatic rings. The molecule has 108 valence electrons. The van der Waals surface area contributed by atoms with Gasteiger partial charge in [-0.25, -0.2) is 0 Å². The highest BCUT2D eigenvalue weighted by atomic mass is 15.2. The lowest BCUT2D eigenvalue weighted by molar-refractivity contribution is 0.130. The lowest BCUT2D eigenvalue weighted by atomic mass is 9.94. The molecule has 0 fully saturated rings. The Hall–Kier alpha value is -0.860. The second-order valence-corrected chi connectivity index (χ2v) is 5.76. The van der Waals surface area contributed by atoms with Crippen LogP contribution in [0.3, 0.4) is 0 Å². The maximum absolute atomic E-state index is 6.43.